The summed E-state index contributed by atoms with van der Waals surface area (Å²) in [5, 5.41) is 3.30. The van der Waals surface area contributed by atoms with E-state index < -0.39 is 7.25 Å². The molecule has 0 aliphatic heterocycles. The SMILES string of the molecule is F[B-](F)(F)F.c1ccc(Nc2ccccc2)cc1. The molecule has 0 fully saturated rings. The second-order valence-corrected chi connectivity index (χ2v) is 3.35. The van der Waals surface area contributed by atoms with E-state index in [2.05, 4.69) is 5.32 Å². The monoisotopic (exact) mass is 256 g/mol. The van der Waals surface area contributed by atoms with Crippen molar-refractivity contribution >= 4 is 18.6 Å². The van der Waals surface area contributed by atoms with Gasteiger partial charge < -0.3 is 22.6 Å². The van der Waals surface area contributed by atoms with Crippen LogP contribution in [0.4, 0.5) is 28.6 Å². The highest BCUT2D eigenvalue weighted by Crippen LogP contribution is 2.14. The first-order valence-electron chi connectivity index (χ1n) is 5.19. The van der Waals surface area contributed by atoms with Crippen molar-refractivity contribution in [1.82, 2.24) is 0 Å². The van der Waals surface area contributed by atoms with Crippen molar-refractivity contribution in [3.63, 3.8) is 0 Å². The molecule has 0 aliphatic carbocycles. The number of rotatable bonds is 2. The average molecular weight is 256 g/mol. The summed E-state index contributed by atoms with van der Waals surface area (Å²) in [6.07, 6.45) is 0. The van der Waals surface area contributed by atoms with Crippen LogP contribution in [0.3, 0.4) is 0 Å². The fraction of sp³-hybridized carbons (Fsp3) is 0. The topological polar surface area (TPSA) is 12.0 Å². The zero-order valence-electron chi connectivity index (χ0n) is 9.36. The molecule has 0 saturated carbocycles. The van der Waals surface area contributed by atoms with Crippen LogP contribution in [-0.4, -0.2) is 7.25 Å². The lowest BCUT2D eigenvalue weighted by atomic mass is 10.3. The van der Waals surface area contributed by atoms with E-state index >= 15 is 0 Å². The molecule has 0 unspecified atom stereocenters. The highest BCUT2D eigenvalue weighted by atomic mass is 19.5. The summed E-state index contributed by atoms with van der Waals surface area (Å²) in [5.41, 5.74) is 2.24. The van der Waals surface area contributed by atoms with Crippen molar-refractivity contribution in [2.45, 2.75) is 0 Å². The van der Waals surface area contributed by atoms with Crippen LogP contribution in [0, 0.1) is 0 Å². The Labute approximate surface area is 103 Å². The zero-order chi connectivity index (χ0) is 13.4. The third kappa shape index (κ3) is 7.32. The molecule has 18 heavy (non-hydrogen) atoms. The minimum Gasteiger partial charge on any atom is -0.418 e. The second-order valence-electron chi connectivity index (χ2n) is 3.35. The van der Waals surface area contributed by atoms with E-state index in [1.807, 2.05) is 60.7 Å². The Balaban J connectivity index is 0.000000280. The largest absolute Gasteiger partial charge is 0.673 e. The van der Waals surface area contributed by atoms with Gasteiger partial charge in [-0.1, -0.05) is 36.4 Å². The van der Waals surface area contributed by atoms with Gasteiger partial charge in [0.1, 0.15) is 0 Å². The fourth-order valence-corrected chi connectivity index (χ4v) is 1.21. The van der Waals surface area contributed by atoms with E-state index in [1.54, 1.807) is 0 Å². The summed E-state index contributed by atoms with van der Waals surface area (Å²) in [6.45, 7) is 0. The first-order chi connectivity index (χ1) is 8.45. The number of benzene rings is 2. The Morgan fingerprint density at radius 3 is 1.17 bits per heavy atom. The summed E-state index contributed by atoms with van der Waals surface area (Å²) in [6, 6.07) is 20.3. The van der Waals surface area contributed by atoms with E-state index in [0.717, 1.165) is 11.4 Å². The maximum absolute atomic E-state index is 9.75. The lowest BCUT2D eigenvalue weighted by Crippen LogP contribution is -2.02. The van der Waals surface area contributed by atoms with Crippen molar-refractivity contribution in [2.24, 2.45) is 0 Å². The van der Waals surface area contributed by atoms with Gasteiger partial charge in [-0.25, -0.2) is 0 Å². The average Bonchev–Trinajstić information content (AvgIpc) is 2.29. The summed E-state index contributed by atoms with van der Waals surface area (Å²) < 4.78 is 39.0. The summed E-state index contributed by atoms with van der Waals surface area (Å²) in [5.74, 6) is 0. The molecule has 1 N–H and O–H groups in total. The molecule has 1 nitrogen and oxygen atoms in total. The summed E-state index contributed by atoms with van der Waals surface area (Å²) in [7, 11) is -6.00. The normalized spacial score (nSPS) is 10.2. The highest BCUT2D eigenvalue weighted by molar-refractivity contribution is 6.50. The fourth-order valence-electron chi connectivity index (χ4n) is 1.21. The van der Waals surface area contributed by atoms with Crippen LogP contribution < -0.4 is 5.32 Å². The maximum Gasteiger partial charge on any atom is 0.673 e. The van der Waals surface area contributed by atoms with Crippen molar-refractivity contribution in [3.05, 3.63) is 60.7 Å². The summed E-state index contributed by atoms with van der Waals surface area (Å²) >= 11 is 0. The lowest BCUT2D eigenvalue weighted by Gasteiger charge is -2.04. The van der Waals surface area contributed by atoms with E-state index in [-0.39, 0.29) is 0 Å². The lowest BCUT2D eigenvalue weighted by molar-refractivity contribution is 0.368. The van der Waals surface area contributed by atoms with Crippen LogP contribution in [0.1, 0.15) is 0 Å². The number of hydrogen-bond donors (Lipinski definition) is 1. The molecule has 2 aromatic carbocycles. The van der Waals surface area contributed by atoms with Gasteiger partial charge in [0.25, 0.3) is 0 Å². The van der Waals surface area contributed by atoms with Gasteiger partial charge >= 0.3 is 7.25 Å². The molecule has 0 amide bonds. The van der Waals surface area contributed by atoms with Gasteiger partial charge in [-0.05, 0) is 24.3 Å². The Bertz CT molecular complexity index is 401. The number of hydrogen-bond acceptors (Lipinski definition) is 1. The van der Waals surface area contributed by atoms with Gasteiger partial charge in [-0.15, -0.1) is 0 Å². The molecule has 2 rings (SSSR count). The van der Waals surface area contributed by atoms with Gasteiger partial charge in [-0.3, -0.25) is 0 Å². The molecule has 2 aromatic rings. The molecule has 96 valence electrons. The molecule has 0 spiro atoms. The summed E-state index contributed by atoms with van der Waals surface area (Å²) in [4.78, 5) is 0. The molecule has 0 saturated heterocycles. The number of halogens is 4. The van der Waals surface area contributed by atoms with Gasteiger partial charge in [0.05, 0.1) is 0 Å². The third-order valence-electron chi connectivity index (χ3n) is 1.84. The van der Waals surface area contributed by atoms with Crippen LogP contribution in [0.2, 0.25) is 0 Å². The Morgan fingerprint density at radius 2 is 0.889 bits per heavy atom. The third-order valence-corrected chi connectivity index (χ3v) is 1.84. The number of para-hydroxylation sites is 2. The van der Waals surface area contributed by atoms with Gasteiger partial charge in [0.2, 0.25) is 0 Å². The second kappa shape index (κ2) is 6.69. The van der Waals surface area contributed by atoms with E-state index in [9.17, 15) is 17.3 Å². The van der Waals surface area contributed by atoms with Crippen LogP contribution in [0.25, 0.3) is 0 Å². The molecule has 0 bridgehead atoms. The van der Waals surface area contributed by atoms with Gasteiger partial charge in [0.15, 0.2) is 0 Å². The minimum atomic E-state index is -6.00. The Kier molecular flexibility index (Phi) is 5.23. The minimum absolute atomic E-state index is 1.12. The maximum atomic E-state index is 9.75. The Hall–Kier alpha value is -1.98. The molecular weight excluding hydrogens is 245 g/mol. The quantitative estimate of drug-likeness (QED) is 0.604. The van der Waals surface area contributed by atoms with E-state index in [4.69, 9.17) is 0 Å². The van der Waals surface area contributed by atoms with Crippen molar-refractivity contribution in [2.75, 3.05) is 5.32 Å². The van der Waals surface area contributed by atoms with Crippen molar-refractivity contribution in [1.29, 1.82) is 0 Å². The molecule has 0 aliphatic rings. The number of nitrogens with one attached hydrogen (secondary N) is 1. The molecular formula is C12H11BF4N-. The first kappa shape index (κ1) is 14.1. The predicted octanol–water partition coefficient (Wildman–Crippen LogP) is 4.73. The highest BCUT2D eigenvalue weighted by Gasteiger charge is 2.20. The Morgan fingerprint density at radius 1 is 0.611 bits per heavy atom. The van der Waals surface area contributed by atoms with Gasteiger partial charge in [-0.2, -0.15) is 0 Å². The molecule has 0 heterocycles. The van der Waals surface area contributed by atoms with Crippen molar-refractivity contribution in [3.8, 4) is 0 Å². The van der Waals surface area contributed by atoms with Crippen LogP contribution in [-0.2, 0) is 0 Å². The van der Waals surface area contributed by atoms with Crippen molar-refractivity contribution < 1.29 is 17.3 Å². The molecule has 0 atom stereocenters. The standard InChI is InChI=1S/C12H11N.BF4/c1-3-7-11(8-4-1)13-12-9-5-2-6-10-12;2-1(3,4)5/h1-10,13H;/q;-1. The molecule has 0 aromatic heterocycles. The first-order valence-corrected chi connectivity index (χ1v) is 5.19. The smallest absolute Gasteiger partial charge is 0.418 e. The van der Waals surface area contributed by atoms with E-state index in [1.165, 1.54) is 0 Å². The van der Waals surface area contributed by atoms with Crippen LogP contribution in [0.5, 0.6) is 0 Å². The van der Waals surface area contributed by atoms with Gasteiger partial charge in [0, 0.05) is 11.4 Å². The molecule has 0 radical (unpaired) electrons. The molecule has 6 heteroatoms. The van der Waals surface area contributed by atoms with Crippen LogP contribution >= 0.6 is 0 Å². The van der Waals surface area contributed by atoms with E-state index in [0.29, 0.717) is 0 Å². The zero-order valence-corrected chi connectivity index (χ0v) is 9.36. The number of anilines is 2. The van der Waals surface area contributed by atoms with Crippen LogP contribution in [0.15, 0.2) is 60.7 Å². The predicted molar refractivity (Wildman–Crippen MR) is 66.4 cm³/mol.